The predicted octanol–water partition coefficient (Wildman–Crippen LogP) is 4.24. The average molecular weight is 344 g/mol. The molecular weight excluding hydrogens is 310 g/mol. The fourth-order valence-electron chi connectivity index (χ4n) is 2.81. The number of aliphatic hydroxyl groups excluding tert-OH is 1. The van der Waals surface area contributed by atoms with E-state index in [2.05, 4.69) is 17.3 Å². The number of hydrogen-bond donors (Lipinski definition) is 2. The molecule has 134 valence electrons. The van der Waals surface area contributed by atoms with Crippen molar-refractivity contribution >= 4 is 17.9 Å². The highest BCUT2D eigenvalue weighted by Gasteiger charge is 2.22. The van der Waals surface area contributed by atoms with Crippen LogP contribution in [0.15, 0.2) is 12.2 Å². The summed E-state index contributed by atoms with van der Waals surface area (Å²) < 4.78 is 2.42. The molecule has 0 aliphatic carbocycles. The van der Waals surface area contributed by atoms with Gasteiger partial charge in [0.1, 0.15) is 0 Å². The van der Waals surface area contributed by atoms with Crippen LogP contribution in [0.3, 0.4) is 0 Å². The van der Waals surface area contributed by atoms with Crippen LogP contribution < -0.4 is 0 Å². The summed E-state index contributed by atoms with van der Waals surface area (Å²) in [6, 6.07) is 0.444. The van der Waals surface area contributed by atoms with Gasteiger partial charge >= 0.3 is 5.97 Å². The van der Waals surface area contributed by atoms with Crippen LogP contribution in [0.1, 0.15) is 71.1 Å². The molecule has 1 aliphatic heterocycles. The largest absolute Gasteiger partial charge is 0.481 e. The summed E-state index contributed by atoms with van der Waals surface area (Å²) in [5, 5.41) is 18.6. The first-order chi connectivity index (χ1) is 11.1. The van der Waals surface area contributed by atoms with E-state index < -0.39 is 5.97 Å². The van der Waals surface area contributed by atoms with Gasteiger partial charge in [-0.05, 0) is 25.7 Å². The summed E-state index contributed by atoms with van der Waals surface area (Å²) in [5.41, 5.74) is 0. The second-order valence-corrected chi connectivity index (χ2v) is 7.47. The minimum atomic E-state index is -0.692. The number of carbonyl (C=O) groups is 1. The Hall–Kier alpha value is -0.520. The Bertz CT molecular complexity index is 349. The lowest BCUT2D eigenvalue weighted by molar-refractivity contribution is -0.137. The third kappa shape index (κ3) is 10.0. The summed E-state index contributed by atoms with van der Waals surface area (Å²) >= 11 is 1.90. The van der Waals surface area contributed by atoms with Crippen molar-refractivity contribution in [3.8, 4) is 0 Å². The zero-order valence-electron chi connectivity index (χ0n) is 14.5. The topological polar surface area (TPSA) is 60.8 Å². The van der Waals surface area contributed by atoms with E-state index in [1.807, 2.05) is 18.0 Å². The standard InChI is InChI=1S/C18H33NO3S/c1-2-3-6-9-17(20)12-11-16-13-15-23-19(16)14-8-5-4-7-10-18(21)22/h11-12,16-17,20H,2-10,13-15H2,1H3,(H,21,22)/b12-11+. The van der Waals surface area contributed by atoms with Gasteiger partial charge in [0.05, 0.1) is 6.10 Å². The lowest BCUT2D eigenvalue weighted by Crippen LogP contribution is -2.23. The van der Waals surface area contributed by atoms with Gasteiger partial charge in [0.15, 0.2) is 0 Å². The van der Waals surface area contributed by atoms with E-state index >= 15 is 0 Å². The molecule has 2 atom stereocenters. The molecule has 0 aromatic heterocycles. The molecule has 5 heteroatoms. The number of unbranched alkanes of at least 4 members (excludes halogenated alkanes) is 5. The molecule has 1 saturated heterocycles. The Labute approximate surface area is 145 Å². The van der Waals surface area contributed by atoms with Crippen LogP contribution >= 0.6 is 11.9 Å². The molecule has 1 aliphatic rings. The van der Waals surface area contributed by atoms with Crippen LogP contribution in [0.25, 0.3) is 0 Å². The molecular formula is C18H33NO3S. The quantitative estimate of drug-likeness (QED) is 0.297. The maximum absolute atomic E-state index is 10.5. The fourth-order valence-corrected chi connectivity index (χ4v) is 4.01. The summed E-state index contributed by atoms with van der Waals surface area (Å²) in [4.78, 5) is 10.5. The Kier molecular flexibility index (Phi) is 11.5. The van der Waals surface area contributed by atoms with E-state index in [9.17, 15) is 9.90 Å². The third-order valence-electron chi connectivity index (χ3n) is 4.22. The van der Waals surface area contributed by atoms with Crippen molar-refractivity contribution in [2.24, 2.45) is 0 Å². The van der Waals surface area contributed by atoms with Crippen molar-refractivity contribution in [3.05, 3.63) is 12.2 Å². The normalized spacial score (nSPS) is 20.3. The molecule has 0 saturated carbocycles. The lowest BCUT2D eigenvalue weighted by Gasteiger charge is -2.20. The molecule has 0 radical (unpaired) electrons. The first kappa shape index (κ1) is 20.5. The van der Waals surface area contributed by atoms with Crippen molar-refractivity contribution < 1.29 is 15.0 Å². The van der Waals surface area contributed by atoms with Crippen LogP contribution in [0.2, 0.25) is 0 Å². The van der Waals surface area contributed by atoms with Crippen LogP contribution in [-0.2, 0) is 4.79 Å². The van der Waals surface area contributed by atoms with E-state index in [1.165, 1.54) is 12.8 Å². The van der Waals surface area contributed by atoms with Crippen molar-refractivity contribution in [2.45, 2.75) is 83.3 Å². The van der Waals surface area contributed by atoms with Gasteiger partial charge in [0.2, 0.25) is 0 Å². The van der Waals surface area contributed by atoms with Gasteiger partial charge in [0, 0.05) is 24.8 Å². The van der Waals surface area contributed by atoms with E-state index in [1.54, 1.807) is 0 Å². The summed E-state index contributed by atoms with van der Waals surface area (Å²) in [6.45, 7) is 3.23. The highest BCUT2D eigenvalue weighted by molar-refractivity contribution is 7.97. The van der Waals surface area contributed by atoms with E-state index in [0.717, 1.165) is 57.2 Å². The van der Waals surface area contributed by atoms with E-state index in [0.29, 0.717) is 12.5 Å². The maximum Gasteiger partial charge on any atom is 0.303 e. The highest BCUT2D eigenvalue weighted by atomic mass is 32.2. The number of rotatable bonds is 13. The smallest absolute Gasteiger partial charge is 0.303 e. The minimum Gasteiger partial charge on any atom is -0.481 e. The third-order valence-corrected chi connectivity index (χ3v) is 5.42. The van der Waals surface area contributed by atoms with Gasteiger partial charge in [-0.25, -0.2) is 4.31 Å². The molecule has 0 aromatic carbocycles. The molecule has 4 nitrogen and oxygen atoms in total. The number of carboxylic acid groups (broad SMARTS) is 1. The monoisotopic (exact) mass is 343 g/mol. The predicted molar refractivity (Wildman–Crippen MR) is 97.6 cm³/mol. The fraction of sp³-hybridized carbons (Fsp3) is 0.833. The molecule has 0 spiro atoms. The van der Waals surface area contributed by atoms with Gasteiger partial charge < -0.3 is 10.2 Å². The van der Waals surface area contributed by atoms with Crippen LogP contribution in [-0.4, -0.2) is 44.9 Å². The Morgan fingerprint density at radius 1 is 1.26 bits per heavy atom. The summed E-state index contributed by atoms with van der Waals surface area (Å²) in [5.74, 6) is 0.461. The molecule has 2 unspecified atom stereocenters. The SMILES string of the molecule is CCCCCC(O)/C=C/C1CCSN1CCCCCCC(=O)O. The first-order valence-electron chi connectivity index (χ1n) is 9.11. The first-order valence-corrected chi connectivity index (χ1v) is 10.1. The van der Waals surface area contributed by atoms with Gasteiger partial charge in [-0.3, -0.25) is 4.79 Å². The van der Waals surface area contributed by atoms with Gasteiger partial charge in [0.25, 0.3) is 0 Å². The molecule has 1 rings (SSSR count). The molecule has 0 bridgehead atoms. The van der Waals surface area contributed by atoms with E-state index in [4.69, 9.17) is 5.11 Å². The van der Waals surface area contributed by atoms with Crippen LogP contribution in [0.4, 0.5) is 0 Å². The molecule has 0 amide bonds. The second kappa shape index (κ2) is 12.8. The molecule has 0 aromatic rings. The van der Waals surface area contributed by atoms with Gasteiger partial charge in [-0.2, -0.15) is 0 Å². The van der Waals surface area contributed by atoms with Gasteiger partial charge in [-0.1, -0.05) is 63.1 Å². The lowest BCUT2D eigenvalue weighted by atomic mass is 10.1. The maximum atomic E-state index is 10.5. The van der Waals surface area contributed by atoms with Crippen molar-refractivity contribution in [2.75, 3.05) is 12.3 Å². The highest BCUT2D eigenvalue weighted by Crippen LogP contribution is 2.28. The average Bonchev–Trinajstić information content (AvgIpc) is 2.96. The zero-order chi connectivity index (χ0) is 16.9. The van der Waals surface area contributed by atoms with Crippen molar-refractivity contribution in [3.63, 3.8) is 0 Å². The number of carboxylic acids is 1. The molecule has 1 heterocycles. The number of nitrogens with zero attached hydrogens (tertiary/aromatic N) is 1. The molecule has 1 fully saturated rings. The summed E-state index contributed by atoms with van der Waals surface area (Å²) in [7, 11) is 0. The molecule has 2 N–H and O–H groups in total. The number of aliphatic carboxylic acids is 1. The Balaban J connectivity index is 2.16. The number of hydrogen-bond acceptors (Lipinski definition) is 4. The van der Waals surface area contributed by atoms with Crippen molar-refractivity contribution in [1.82, 2.24) is 4.31 Å². The van der Waals surface area contributed by atoms with Crippen molar-refractivity contribution in [1.29, 1.82) is 0 Å². The Morgan fingerprint density at radius 2 is 2.04 bits per heavy atom. The zero-order valence-corrected chi connectivity index (χ0v) is 15.3. The van der Waals surface area contributed by atoms with Crippen LogP contribution in [0, 0.1) is 0 Å². The Morgan fingerprint density at radius 3 is 2.78 bits per heavy atom. The summed E-state index contributed by atoms with van der Waals surface area (Å²) in [6.07, 6.45) is 13.7. The minimum absolute atomic E-state index is 0.291. The number of aliphatic hydroxyl groups is 1. The second-order valence-electron chi connectivity index (χ2n) is 6.34. The van der Waals surface area contributed by atoms with Gasteiger partial charge in [-0.15, -0.1) is 0 Å². The van der Waals surface area contributed by atoms with E-state index in [-0.39, 0.29) is 6.10 Å². The van der Waals surface area contributed by atoms with Crippen LogP contribution in [0.5, 0.6) is 0 Å². The molecule has 23 heavy (non-hydrogen) atoms.